The third-order valence-corrected chi connectivity index (χ3v) is 4.97. The maximum absolute atomic E-state index is 12.5. The number of nitrogens with one attached hydrogen (secondary N) is 1. The molecule has 0 aromatic heterocycles. The molecule has 158 valence electrons. The number of rotatable bonds is 12. The average Bonchev–Trinajstić information content (AvgIpc) is 2.78. The Balaban J connectivity index is 1.85. The first kappa shape index (κ1) is 23.2. The van der Waals surface area contributed by atoms with Gasteiger partial charge < -0.3 is 10.1 Å². The van der Waals surface area contributed by atoms with Crippen LogP contribution in [0.15, 0.2) is 60.2 Å². The Kier molecular flexibility index (Phi) is 10.2. The lowest BCUT2D eigenvalue weighted by Crippen LogP contribution is -2.27. The van der Waals surface area contributed by atoms with Crippen molar-refractivity contribution >= 4 is 12.0 Å². The molecule has 0 aliphatic carbocycles. The van der Waals surface area contributed by atoms with Crippen LogP contribution in [0.1, 0.15) is 69.5 Å². The molecule has 0 saturated carbocycles. The monoisotopic (exact) mass is 404 g/mol. The summed E-state index contributed by atoms with van der Waals surface area (Å²) in [6, 6.07) is 19.0. The van der Waals surface area contributed by atoms with Crippen molar-refractivity contribution in [3.05, 3.63) is 71.3 Å². The highest BCUT2D eigenvalue weighted by Gasteiger charge is 2.13. The number of hydrogen-bond donors (Lipinski definition) is 1. The number of benzene rings is 2. The van der Waals surface area contributed by atoms with Crippen molar-refractivity contribution in [3.63, 3.8) is 0 Å². The first-order valence-electron chi connectivity index (χ1n) is 10.8. The fourth-order valence-electron chi connectivity index (χ4n) is 3.15. The molecular weight excluding hydrogens is 372 g/mol. The molecule has 0 radical (unpaired) electrons. The summed E-state index contributed by atoms with van der Waals surface area (Å²) in [6.45, 7) is 4.84. The summed E-state index contributed by atoms with van der Waals surface area (Å²) in [6.07, 6.45) is 9.00. The van der Waals surface area contributed by atoms with E-state index >= 15 is 0 Å². The number of nitrogens with zero attached hydrogens (tertiary/aromatic N) is 1. The van der Waals surface area contributed by atoms with Crippen molar-refractivity contribution in [1.82, 2.24) is 5.32 Å². The molecule has 1 unspecified atom stereocenters. The maximum atomic E-state index is 12.5. The third-order valence-electron chi connectivity index (χ3n) is 4.97. The molecule has 4 heteroatoms. The van der Waals surface area contributed by atoms with E-state index in [2.05, 4.69) is 12.2 Å². The van der Waals surface area contributed by atoms with E-state index in [1.165, 1.54) is 32.1 Å². The molecule has 0 aliphatic heterocycles. The molecule has 2 rings (SSSR count). The van der Waals surface area contributed by atoms with E-state index in [9.17, 15) is 10.1 Å². The molecule has 0 spiro atoms. The van der Waals surface area contributed by atoms with E-state index in [4.69, 9.17) is 4.74 Å². The van der Waals surface area contributed by atoms with Gasteiger partial charge in [0, 0.05) is 0 Å². The van der Waals surface area contributed by atoms with Gasteiger partial charge in [-0.3, -0.25) is 4.79 Å². The van der Waals surface area contributed by atoms with Crippen LogP contribution in [0.5, 0.6) is 5.75 Å². The molecule has 4 nitrogen and oxygen atoms in total. The molecular formula is C26H32N2O2. The first-order chi connectivity index (χ1) is 14.6. The summed E-state index contributed by atoms with van der Waals surface area (Å²) in [4.78, 5) is 12.5. The predicted octanol–water partition coefficient (Wildman–Crippen LogP) is 6.21. The van der Waals surface area contributed by atoms with Crippen LogP contribution in [-0.4, -0.2) is 12.5 Å². The molecule has 0 fully saturated rings. The molecule has 1 atom stereocenters. The molecule has 0 aliphatic rings. The van der Waals surface area contributed by atoms with Crippen molar-refractivity contribution in [1.29, 1.82) is 5.26 Å². The summed E-state index contributed by atoms with van der Waals surface area (Å²) < 4.78 is 5.78. The number of hydrogen-bond acceptors (Lipinski definition) is 3. The smallest absolute Gasteiger partial charge is 0.262 e. The number of unbranched alkanes of at least 4 members (excludes halogenated alkanes) is 5. The van der Waals surface area contributed by atoms with E-state index in [-0.39, 0.29) is 17.5 Å². The van der Waals surface area contributed by atoms with Crippen LogP contribution in [0.4, 0.5) is 0 Å². The van der Waals surface area contributed by atoms with Gasteiger partial charge in [0.2, 0.25) is 0 Å². The molecule has 30 heavy (non-hydrogen) atoms. The van der Waals surface area contributed by atoms with Crippen molar-refractivity contribution in [2.45, 2.75) is 58.4 Å². The standard InChI is InChI=1S/C26H32N2O2/c1-3-4-5-6-7-11-18-30-25-16-14-22(15-17-25)19-24(20-27)26(29)28-21(2)23-12-9-8-10-13-23/h8-10,12-17,19,21H,3-7,11,18H2,1-2H3,(H,28,29)/b24-19-. The van der Waals surface area contributed by atoms with Gasteiger partial charge in [-0.25, -0.2) is 0 Å². The van der Waals surface area contributed by atoms with Crippen LogP contribution in [0.3, 0.4) is 0 Å². The Morgan fingerprint density at radius 3 is 2.37 bits per heavy atom. The minimum atomic E-state index is -0.378. The number of carbonyl (C=O) groups is 1. The second kappa shape index (κ2) is 13.2. The maximum Gasteiger partial charge on any atom is 0.262 e. The highest BCUT2D eigenvalue weighted by molar-refractivity contribution is 6.01. The van der Waals surface area contributed by atoms with E-state index < -0.39 is 0 Å². The highest BCUT2D eigenvalue weighted by atomic mass is 16.5. The summed E-state index contributed by atoms with van der Waals surface area (Å²) in [5, 5.41) is 12.3. The van der Waals surface area contributed by atoms with Gasteiger partial charge in [-0.2, -0.15) is 5.26 Å². The lowest BCUT2D eigenvalue weighted by molar-refractivity contribution is -0.117. The zero-order chi connectivity index (χ0) is 21.6. The fourth-order valence-corrected chi connectivity index (χ4v) is 3.15. The van der Waals surface area contributed by atoms with E-state index in [0.717, 1.165) is 23.3 Å². The molecule has 0 heterocycles. The van der Waals surface area contributed by atoms with Crippen molar-refractivity contribution in [2.75, 3.05) is 6.61 Å². The van der Waals surface area contributed by atoms with E-state index in [1.807, 2.05) is 67.6 Å². The summed E-state index contributed by atoms with van der Waals surface area (Å²) in [5.41, 5.74) is 1.87. The first-order valence-corrected chi connectivity index (χ1v) is 10.8. The zero-order valence-electron chi connectivity index (χ0n) is 18.1. The Bertz CT molecular complexity index is 836. The molecule has 2 aromatic rings. The minimum absolute atomic E-state index is 0.0820. The second-order valence-corrected chi connectivity index (χ2v) is 7.46. The zero-order valence-corrected chi connectivity index (χ0v) is 18.1. The lowest BCUT2D eigenvalue weighted by Gasteiger charge is -2.13. The third kappa shape index (κ3) is 8.13. The summed E-state index contributed by atoms with van der Waals surface area (Å²) in [5.74, 6) is 0.429. The van der Waals surface area contributed by atoms with Gasteiger partial charge in [-0.05, 0) is 42.7 Å². The van der Waals surface area contributed by atoms with Crippen LogP contribution >= 0.6 is 0 Å². The molecule has 1 N–H and O–H groups in total. The summed E-state index contributed by atoms with van der Waals surface area (Å²) in [7, 11) is 0. The van der Waals surface area contributed by atoms with Crippen molar-refractivity contribution in [3.8, 4) is 11.8 Å². The predicted molar refractivity (Wildman–Crippen MR) is 122 cm³/mol. The Morgan fingerprint density at radius 2 is 1.70 bits per heavy atom. The summed E-state index contributed by atoms with van der Waals surface area (Å²) >= 11 is 0. The van der Waals surface area contributed by atoms with Gasteiger partial charge in [0.1, 0.15) is 17.4 Å². The molecule has 2 aromatic carbocycles. The van der Waals surface area contributed by atoms with Gasteiger partial charge in [-0.1, -0.05) is 81.5 Å². The highest BCUT2D eigenvalue weighted by Crippen LogP contribution is 2.17. The van der Waals surface area contributed by atoms with Crippen molar-refractivity contribution in [2.24, 2.45) is 0 Å². The number of ether oxygens (including phenoxy) is 1. The van der Waals surface area contributed by atoms with Crippen LogP contribution in [0, 0.1) is 11.3 Å². The molecule has 1 amide bonds. The minimum Gasteiger partial charge on any atom is -0.494 e. The van der Waals surface area contributed by atoms with Crippen molar-refractivity contribution < 1.29 is 9.53 Å². The van der Waals surface area contributed by atoms with Crippen LogP contribution in [0.2, 0.25) is 0 Å². The lowest BCUT2D eigenvalue weighted by atomic mass is 10.1. The van der Waals surface area contributed by atoms with Gasteiger partial charge in [0.15, 0.2) is 0 Å². The van der Waals surface area contributed by atoms with Gasteiger partial charge in [0.25, 0.3) is 5.91 Å². The van der Waals surface area contributed by atoms with Crippen LogP contribution in [-0.2, 0) is 4.79 Å². The normalized spacial score (nSPS) is 12.1. The quantitative estimate of drug-likeness (QED) is 0.260. The Morgan fingerprint density at radius 1 is 1.03 bits per heavy atom. The fraction of sp³-hybridized carbons (Fsp3) is 0.385. The van der Waals surface area contributed by atoms with E-state index in [0.29, 0.717) is 6.61 Å². The van der Waals surface area contributed by atoms with E-state index in [1.54, 1.807) is 6.08 Å². The molecule has 0 bridgehead atoms. The average molecular weight is 405 g/mol. The second-order valence-electron chi connectivity index (χ2n) is 7.46. The van der Waals surface area contributed by atoms with Crippen LogP contribution < -0.4 is 10.1 Å². The van der Waals surface area contributed by atoms with Crippen LogP contribution in [0.25, 0.3) is 6.08 Å². The largest absolute Gasteiger partial charge is 0.494 e. The molecule has 0 saturated heterocycles. The topological polar surface area (TPSA) is 62.1 Å². The number of nitriles is 1. The van der Waals surface area contributed by atoms with Gasteiger partial charge in [0.05, 0.1) is 12.6 Å². The van der Waals surface area contributed by atoms with Gasteiger partial charge >= 0.3 is 0 Å². The Hall–Kier alpha value is -3.06. The van der Waals surface area contributed by atoms with Gasteiger partial charge in [-0.15, -0.1) is 0 Å². The SMILES string of the molecule is CCCCCCCCOc1ccc(/C=C(/C#N)C(=O)NC(C)c2ccccc2)cc1. The number of amides is 1. The number of carbonyl (C=O) groups excluding carboxylic acids is 1. The Labute approximate surface area is 180 Å².